The Balaban J connectivity index is 2.77. The van der Waals surface area contributed by atoms with E-state index in [2.05, 4.69) is 31.2 Å². The second-order valence-corrected chi connectivity index (χ2v) is 4.03. The van der Waals surface area contributed by atoms with Crippen molar-refractivity contribution in [1.29, 1.82) is 0 Å². The standard InChI is InChI=1S/C10H16BrN3O/c1-7-9(11)10(12-2)14-8(13-7)5-4-6-15-3/h4-6H2,1-3H3,(H,12,13,14). The number of anilines is 1. The smallest absolute Gasteiger partial charge is 0.144 e. The zero-order valence-corrected chi connectivity index (χ0v) is 10.9. The molecule has 0 saturated carbocycles. The Kier molecular flexibility index (Phi) is 4.98. The molecule has 1 heterocycles. The first-order valence-corrected chi connectivity index (χ1v) is 5.68. The van der Waals surface area contributed by atoms with Gasteiger partial charge in [0.25, 0.3) is 0 Å². The maximum atomic E-state index is 4.99. The summed E-state index contributed by atoms with van der Waals surface area (Å²) in [5.74, 6) is 1.70. The topological polar surface area (TPSA) is 47.0 Å². The van der Waals surface area contributed by atoms with Gasteiger partial charge in [0.2, 0.25) is 0 Å². The molecule has 0 bridgehead atoms. The molecule has 0 radical (unpaired) electrons. The predicted octanol–water partition coefficient (Wildman–Crippen LogP) is 2.17. The molecule has 0 aliphatic rings. The lowest BCUT2D eigenvalue weighted by Crippen LogP contribution is -2.04. The third kappa shape index (κ3) is 3.43. The Morgan fingerprint density at radius 3 is 2.73 bits per heavy atom. The molecule has 0 aliphatic carbocycles. The number of rotatable bonds is 5. The number of hydrogen-bond acceptors (Lipinski definition) is 4. The maximum Gasteiger partial charge on any atom is 0.144 e. The van der Waals surface area contributed by atoms with Crippen LogP contribution in [0.2, 0.25) is 0 Å². The van der Waals surface area contributed by atoms with Gasteiger partial charge in [-0.1, -0.05) is 0 Å². The molecule has 1 aromatic heterocycles. The van der Waals surface area contributed by atoms with Crippen molar-refractivity contribution >= 4 is 21.7 Å². The molecule has 1 rings (SSSR count). The van der Waals surface area contributed by atoms with Crippen LogP contribution in [0.4, 0.5) is 5.82 Å². The van der Waals surface area contributed by atoms with Gasteiger partial charge in [-0.3, -0.25) is 0 Å². The molecule has 15 heavy (non-hydrogen) atoms. The highest BCUT2D eigenvalue weighted by Crippen LogP contribution is 2.22. The first kappa shape index (κ1) is 12.4. The summed E-state index contributed by atoms with van der Waals surface area (Å²) in [5, 5.41) is 3.04. The quantitative estimate of drug-likeness (QED) is 0.836. The van der Waals surface area contributed by atoms with Gasteiger partial charge in [-0.05, 0) is 29.3 Å². The van der Waals surface area contributed by atoms with Crippen LogP contribution in [0.25, 0.3) is 0 Å². The highest BCUT2D eigenvalue weighted by atomic mass is 79.9. The van der Waals surface area contributed by atoms with Crippen molar-refractivity contribution in [2.45, 2.75) is 19.8 Å². The van der Waals surface area contributed by atoms with Crippen molar-refractivity contribution in [2.75, 3.05) is 26.1 Å². The molecule has 0 aromatic carbocycles. The molecule has 0 aliphatic heterocycles. The van der Waals surface area contributed by atoms with Crippen molar-refractivity contribution in [1.82, 2.24) is 9.97 Å². The predicted molar refractivity (Wildman–Crippen MR) is 64.2 cm³/mol. The van der Waals surface area contributed by atoms with Crippen LogP contribution in [0.5, 0.6) is 0 Å². The van der Waals surface area contributed by atoms with E-state index in [9.17, 15) is 0 Å². The first-order chi connectivity index (χ1) is 7.19. The van der Waals surface area contributed by atoms with Gasteiger partial charge in [0.15, 0.2) is 0 Å². The summed E-state index contributed by atoms with van der Waals surface area (Å²) in [6.07, 6.45) is 1.79. The summed E-state index contributed by atoms with van der Waals surface area (Å²) >= 11 is 3.44. The zero-order valence-electron chi connectivity index (χ0n) is 9.30. The summed E-state index contributed by atoms with van der Waals surface area (Å²) in [5.41, 5.74) is 0.960. The monoisotopic (exact) mass is 273 g/mol. The molecular weight excluding hydrogens is 258 g/mol. The van der Waals surface area contributed by atoms with E-state index in [1.807, 2.05) is 14.0 Å². The molecule has 0 saturated heterocycles. The zero-order chi connectivity index (χ0) is 11.3. The molecule has 1 N–H and O–H groups in total. The Bertz CT molecular complexity index is 331. The highest BCUT2D eigenvalue weighted by Gasteiger charge is 2.07. The van der Waals surface area contributed by atoms with Crippen molar-refractivity contribution in [3.8, 4) is 0 Å². The fraction of sp³-hybridized carbons (Fsp3) is 0.600. The minimum Gasteiger partial charge on any atom is -0.385 e. The van der Waals surface area contributed by atoms with Crippen molar-refractivity contribution in [3.05, 3.63) is 16.0 Å². The summed E-state index contributed by atoms with van der Waals surface area (Å²) in [7, 11) is 3.55. The molecule has 0 spiro atoms. The normalized spacial score (nSPS) is 10.4. The fourth-order valence-corrected chi connectivity index (χ4v) is 1.64. The second kappa shape index (κ2) is 6.02. The number of methoxy groups -OCH3 is 1. The van der Waals surface area contributed by atoms with Gasteiger partial charge in [-0.15, -0.1) is 0 Å². The molecule has 5 heteroatoms. The van der Waals surface area contributed by atoms with E-state index in [0.717, 1.165) is 41.3 Å². The SMILES string of the molecule is CNc1nc(CCCOC)nc(C)c1Br. The molecule has 84 valence electrons. The number of aromatic nitrogens is 2. The largest absolute Gasteiger partial charge is 0.385 e. The van der Waals surface area contributed by atoms with Crippen LogP contribution in [0.3, 0.4) is 0 Å². The maximum absolute atomic E-state index is 4.99. The number of aryl methyl sites for hydroxylation is 2. The van der Waals surface area contributed by atoms with Crippen LogP contribution < -0.4 is 5.32 Å². The molecule has 0 amide bonds. The number of ether oxygens (including phenoxy) is 1. The van der Waals surface area contributed by atoms with E-state index in [-0.39, 0.29) is 0 Å². The van der Waals surface area contributed by atoms with Gasteiger partial charge >= 0.3 is 0 Å². The van der Waals surface area contributed by atoms with Gasteiger partial charge in [0.05, 0.1) is 10.2 Å². The van der Waals surface area contributed by atoms with Gasteiger partial charge in [-0.2, -0.15) is 0 Å². The van der Waals surface area contributed by atoms with Gasteiger partial charge in [-0.25, -0.2) is 9.97 Å². The van der Waals surface area contributed by atoms with Gasteiger partial charge in [0.1, 0.15) is 11.6 Å². The molecular formula is C10H16BrN3O. The minimum atomic E-state index is 0.743. The summed E-state index contributed by atoms with van der Waals surface area (Å²) in [6, 6.07) is 0. The van der Waals surface area contributed by atoms with Gasteiger partial charge in [0, 0.05) is 27.2 Å². The lowest BCUT2D eigenvalue weighted by molar-refractivity contribution is 0.194. The van der Waals surface area contributed by atoms with Crippen LogP contribution in [-0.2, 0) is 11.2 Å². The average Bonchev–Trinajstić information content (AvgIpc) is 2.23. The number of nitrogens with zero attached hydrogens (tertiary/aromatic N) is 2. The van der Waals surface area contributed by atoms with Crippen LogP contribution in [0.15, 0.2) is 4.47 Å². The van der Waals surface area contributed by atoms with E-state index in [0.29, 0.717) is 0 Å². The second-order valence-electron chi connectivity index (χ2n) is 3.23. The van der Waals surface area contributed by atoms with Crippen LogP contribution in [-0.4, -0.2) is 30.7 Å². The average molecular weight is 274 g/mol. The van der Waals surface area contributed by atoms with Crippen molar-refractivity contribution in [2.24, 2.45) is 0 Å². The van der Waals surface area contributed by atoms with E-state index < -0.39 is 0 Å². The molecule has 1 aromatic rings. The highest BCUT2D eigenvalue weighted by molar-refractivity contribution is 9.10. The Morgan fingerprint density at radius 2 is 2.13 bits per heavy atom. The minimum absolute atomic E-state index is 0.743. The van der Waals surface area contributed by atoms with E-state index in [1.54, 1.807) is 7.11 Å². The Labute approximate surface area is 98.6 Å². The fourth-order valence-electron chi connectivity index (χ4n) is 1.27. The first-order valence-electron chi connectivity index (χ1n) is 4.88. The molecule has 0 fully saturated rings. The molecule has 4 nitrogen and oxygen atoms in total. The lowest BCUT2D eigenvalue weighted by Gasteiger charge is -2.08. The van der Waals surface area contributed by atoms with Gasteiger partial charge < -0.3 is 10.1 Å². The third-order valence-electron chi connectivity index (χ3n) is 2.05. The van der Waals surface area contributed by atoms with Crippen molar-refractivity contribution in [3.63, 3.8) is 0 Å². The Hall–Kier alpha value is -0.680. The number of halogens is 1. The van der Waals surface area contributed by atoms with Crippen LogP contribution in [0, 0.1) is 6.92 Å². The summed E-state index contributed by atoms with van der Waals surface area (Å²) in [6.45, 7) is 2.71. The number of nitrogens with one attached hydrogen (secondary N) is 1. The van der Waals surface area contributed by atoms with Crippen LogP contribution >= 0.6 is 15.9 Å². The number of hydrogen-bond donors (Lipinski definition) is 1. The molecule has 0 unspecified atom stereocenters. The van der Waals surface area contributed by atoms with Crippen molar-refractivity contribution < 1.29 is 4.74 Å². The van der Waals surface area contributed by atoms with E-state index >= 15 is 0 Å². The molecule has 0 atom stereocenters. The van der Waals surface area contributed by atoms with E-state index in [4.69, 9.17) is 4.74 Å². The summed E-state index contributed by atoms with van der Waals surface area (Å²) in [4.78, 5) is 8.80. The third-order valence-corrected chi connectivity index (χ3v) is 3.00. The summed E-state index contributed by atoms with van der Waals surface area (Å²) < 4.78 is 5.92. The van der Waals surface area contributed by atoms with Crippen LogP contribution in [0.1, 0.15) is 17.9 Å². The van der Waals surface area contributed by atoms with E-state index in [1.165, 1.54) is 0 Å². The Morgan fingerprint density at radius 1 is 1.40 bits per heavy atom. The lowest BCUT2D eigenvalue weighted by atomic mass is 10.3.